The van der Waals surface area contributed by atoms with Gasteiger partial charge in [0.2, 0.25) is 5.91 Å². The Kier molecular flexibility index (Phi) is 4.98. The number of aryl methyl sites for hydroxylation is 1. The SMILES string of the molecule is Cn1cc(C(C)(O)CNC(=O)Cc2ccccc2C(F)(F)F)cn1. The van der Waals surface area contributed by atoms with E-state index in [1.165, 1.54) is 36.0 Å². The first-order valence-corrected chi connectivity index (χ1v) is 7.23. The number of benzene rings is 1. The lowest BCUT2D eigenvalue weighted by molar-refractivity contribution is -0.138. The molecule has 5 nitrogen and oxygen atoms in total. The lowest BCUT2D eigenvalue weighted by Gasteiger charge is -2.22. The van der Waals surface area contributed by atoms with Crippen molar-refractivity contribution in [3.63, 3.8) is 0 Å². The fraction of sp³-hybridized carbons (Fsp3) is 0.375. The van der Waals surface area contributed by atoms with Gasteiger partial charge in [0.25, 0.3) is 0 Å². The van der Waals surface area contributed by atoms with E-state index >= 15 is 0 Å². The van der Waals surface area contributed by atoms with Crippen LogP contribution in [0.4, 0.5) is 13.2 Å². The van der Waals surface area contributed by atoms with Crippen molar-refractivity contribution >= 4 is 5.91 Å². The highest BCUT2D eigenvalue weighted by Crippen LogP contribution is 2.32. The molecule has 2 aromatic rings. The van der Waals surface area contributed by atoms with Gasteiger partial charge >= 0.3 is 6.18 Å². The van der Waals surface area contributed by atoms with Crippen LogP contribution in [0.2, 0.25) is 0 Å². The number of halogens is 3. The van der Waals surface area contributed by atoms with Crippen molar-refractivity contribution in [2.45, 2.75) is 25.1 Å². The van der Waals surface area contributed by atoms with Gasteiger partial charge < -0.3 is 10.4 Å². The average molecular weight is 341 g/mol. The van der Waals surface area contributed by atoms with Crippen LogP contribution >= 0.6 is 0 Å². The highest BCUT2D eigenvalue weighted by atomic mass is 19.4. The van der Waals surface area contributed by atoms with Gasteiger partial charge in [-0.25, -0.2) is 0 Å². The monoisotopic (exact) mass is 341 g/mol. The predicted octanol–water partition coefficient (Wildman–Crippen LogP) is 2.01. The summed E-state index contributed by atoms with van der Waals surface area (Å²) in [6, 6.07) is 4.93. The molecule has 2 rings (SSSR count). The smallest absolute Gasteiger partial charge is 0.383 e. The molecule has 0 bridgehead atoms. The maximum atomic E-state index is 12.9. The van der Waals surface area contributed by atoms with Gasteiger partial charge in [-0.2, -0.15) is 18.3 Å². The standard InChI is InChI=1S/C16H18F3N3O2/c1-15(24,12-8-21-22(2)9-12)10-20-14(23)7-11-5-3-4-6-13(11)16(17,18)19/h3-6,8-9,24H,7,10H2,1-2H3,(H,20,23). The summed E-state index contributed by atoms with van der Waals surface area (Å²) >= 11 is 0. The summed E-state index contributed by atoms with van der Waals surface area (Å²) in [6.07, 6.45) is -1.87. The minimum absolute atomic E-state index is 0.108. The van der Waals surface area contributed by atoms with Crippen LogP contribution < -0.4 is 5.32 Å². The molecule has 1 aromatic heterocycles. The third-order valence-electron chi connectivity index (χ3n) is 3.63. The molecule has 0 saturated heterocycles. The molecule has 1 atom stereocenters. The van der Waals surface area contributed by atoms with E-state index in [9.17, 15) is 23.1 Å². The second-order valence-corrected chi connectivity index (χ2v) is 5.78. The number of amides is 1. The lowest BCUT2D eigenvalue weighted by Crippen LogP contribution is -2.39. The van der Waals surface area contributed by atoms with Crippen molar-refractivity contribution in [3.8, 4) is 0 Å². The van der Waals surface area contributed by atoms with E-state index in [2.05, 4.69) is 10.4 Å². The average Bonchev–Trinajstić information content (AvgIpc) is 2.92. The molecule has 1 unspecified atom stereocenters. The van der Waals surface area contributed by atoms with Crippen LogP contribution in [-0.4, -0.2) is 27.3 Å². The highest BCUT2D eigenvalue weighted by Gasteiger charge is 2.33. The minimum Gasteiger partial charge on any atom is -0.383 e. The topological polar surface area (TPSA) is 67.2 Å². The number of alkyl halides is 3. The first kappa shape index (κ1) is 18.0. The van der Waals surface area contributed by atoms with E-state index in [0.717, 1.165) is 6.07 Å². The zero-order valence-electron chi connectivity index (χ0n) is 13.3. The second kappa shape index (κ2) is 6.64. The lowest BCUT2D eigenvalue weighted by atomic mass is 9.99. The maximum absolute atomic E-state index is 12.9. The molecule has 8 heteroatoms. The largest absolute Gasteiger partial charge is 0.416 e. The van der Waals surface area contributed by atoms with E-state index in [4.69, 9.17) is 0 Å². The Bertz CT molecular complexity index is 723. The molecule has 24 heavy (non-hydrogen) atoms. The van der Waals surface area contributed by atoms with Crippen molar-refractivity contribution in [3.05, 3.63) is 53.3 Å². The van der Waals surface area contributed by atoms with Gasteiger partial charge in [-0.3, -0.25) is 9.48 Å². The number of hydrogen-bond donors (Lipinski definition) is 2. The fourth-order valence-electron chi connectivity index (χ4n) is 2.26. The van der Waals surface area contributed by atoms with Crippen molar-refractivity contribution < 1.29 is 23.1 Å². The van der Waals surface area contributed by atoms with Crippen molar-refractivity contribution in [1.29, 1.82) is 0 Å². The molecule has 0 spiro atoms. The molecule has 2 N–H and O–H groups in total. The van der Waals surface area contributed by atoms with E-state index < -0.39 is 29.7 Å². The van der Waals surface area contributed by atoms with Gasteiger partial charge in [0, 0.05) is 18.8 Å². The quantitative estimate of drug-likeness (QED) is 0.874. The summed E-state index contributed by atoms with van der Waals surface area (Å²) in [4.78, 5) is 12.0. The van der Waals surface area contributed by atoms with Gasteiger partial charge in [0.15, 0.2) is 0 Å². The Labute approximate surface area is 137 Å². The minimum atomic E-state index is -4.52. The molecule has 0 aliphatic carbocycles. The summed E-state index contributed by atoms with van der Waals surface area (Å²) in [7, 11) is 1.69. The molecule has 0 fully saturated rings. The van der Waals surface area contributed by atoms with Crippen molar-refractivity contribution in [2.75, 3.05) is 6.54 Å². The number of hydrogen-bond acceptors (Lipinski definition) is 3. The molecule has 0 aliphatic heterocycles. The molecule has 0 radical (unpaired) electrons. The van der Waals surface area contributed by atoms with E-state index in [-0.39, 0.29) is 12.1 Å². The molecule has 1 aromatic carbocycles. The number of nitrogens with zero attached hydrogens (tertiary/aromatic N) is 2. The number of nitrogens with one attached hydrogen (secondary N) is 1. The fourth-order valence-corrected chi connectivity index (χ4v) is 2.26. The van der Waals surface area contributed by atoms with Gasteiger partial charge in [-0.05, 0) is 18.6 Å². The van der Waals surface area contributed by atoms with E-state index in [1.807, 2.05) is 0 Å². The molecule has 130 valence electrons. The van der Waals surface area contributed by atoms with Crippen LogP contribution in [0, 0.1) is 0 Å². The summed E-state index contributed by atoms with van der Waals surface area (Å²) < 4.78 is 40.3. The molecule has 1 amide bonds. The van der Waals surface area contributed by atoms with Gasteiger partial charge in [-0.1, -0.05) is 18.2 Å². The first-order valence-electron chi connectivity index (χ1n) is 7.23. The number of carbonyl (C=O) groups excluding carboxylic acids is 1. The predicted molar refractivity (Wildman–Crippen MR) is 80.9 cm³/mol. The Hall–Kier alpha value is -2.35. The zero-order chi connectivity index (χ0) is 18.0. The van der Waals surface area contributed by atoms with Crippen LogP contribution in [-0.2, 0) is 30.0 Å². The number of carbonyl (C=O) groups is 1. The Balaban J connectivity index is 2.02. The summed E-state index contributed by atoms with van der Waals surface area (Å²) in [5.41, 5.74) is -1.81. The van der Waals surface area contributed by atoms with Gasteiger partial charge in [0.1, 0.15) is 5.60 Å². The summed E-state index contributed by atoms with van der Waals surface area (Å²) in [5, 5.41) is 16.7. The molecule has 0 saturated carbocycles. The van der Waals surface area contributed by atoms with Gasteiger partial charge in [0.05, 0.1) is 24.7 Å². The van der Waals surface area contributed by atoms with Crippen LogP contribution in [0.15, 0.2) is 36.7 Å². The Morgan fingerprint density at radius 3 is 2.58 bits per heavy atom. The highest BCUT2D eigenvalue weighted by molar-refractivity contribution is 5.79. The summed E-state index contributed by atoms with van der Waals surface area (Å²) in [5.74, 6) is -0.601. The molecular formula is C16H18F3N3O2. The van der Waals surface area contributed by atoms with Crippen LogP contribution in [0.25, 0.3) is 0 Å². The van der Waals surface area contributed by atoms with Crippen LogP contribution in [0.3, 0.4) is 0 Å². The Morgan fingerprint density at radius 1 is 1.33 bits per heavy atom. The zero-order valence-corrected chi connectivity index (χ0v) is 13.3. The third kappa shape index (κ3) is 4.35. The number of aliphatic hydroxyl groups is 1. The number of rotatable bonds is 5. The van der Waals surface area contributed by atoms with E-state index in [0.29, 0.717) is 5.56 Å². The van der Waals surface area contributed by atoms with E-state index in [1.54, 1.807) is 13.2 Å². The maximum Gasteiger partial charge on any atom is 0.416 e. The Morgan fingerprint density at radius 2 is 2.00 bits per heavy atom. The molecular weight excluding hydrogens is 323 g/mol. The van der Waals surface area contributed by atoms with Gasteiger partial charge in [-0.15, -0.1) is 0 Å². The van der Waals surface area contributed by atoms with Crippen LogP contribution in [0.1, 0.15) is 23.6 Å². The first-order chi connectivity index (χ1) is 11.1. The van der Waals surface area contributed by atoms with Crippen LogP contribution in [0.5, 0.6) is 0 Å². The number of aromatic nitrogens is 2. The van der Waals surface area contributed by atoms with Crippen molar-refractivity contribution in [2.24, 2.45) is 7.05 Å². The normalized spacial score (nSPS) is 14.2. The third-order valence-corrected chi connectivity index (χ3v) is 3.63. The van der Waals surface area contributed by atoms with Crippen molar-refractivity contribution in [1.82, 2.24) is 15.1 Å². The molecule has 0 aliphatic rings. The second-order valence-electron chi connectivity index (χ2n) is 5.78. The molecule has 1 heterocycles. The summed E-state index contributed by atoms with van der Waals surface area (Å²) in [6.45, 7) is 1.36.